The Kier molecular flexibility index (Phi) is 7.47. The maximum atomic E-state index is 13.3. The lowest BCUT2D eigenvalue weighted by molar-refractivity contribution is 0.0696. The molecule has 0 saturated carbocycles. The number of aromatic nitrogens is 2. The maximum Gasteiger partial charge on any atom is 0.335 e. The van der Waals surface area contributed by atoms with Crippen molar-refractivity contribution in [3.8, 4) is 5.75 Å². The van der Waals surface area contributed by atoms with E-state index in [2.05, 4.69) is 41.9 Å². The summed E-state index contributed by atoms with van der Waals surface area (Å²) in [6.45, 7) is 4.08. The standard InChI is InChI=1S/C26H21Br2N3O4/c1-15(2)24-30-22-8-6-20(28)12-21(22)25(32)31(24)29-13-18-11-19(27)7-9-23(18)35-14-16-4-3-5-17(10-16)26(33)34/h3-13,15H,14H2,1-2H3,(H,33,34). The number of carboxylic acids is 1. The van der Waals surface area contributed by atoms with E-state index < -0.39 is 5.97 Å². The van der Waals surface area contributed by atoms with E-state index in [1.165, 1.54) is 10.7 Å². The first-order valence-electron chi connectivity index (χ1n) is 10.7. The number of rotatable bonds is 7. The lowest BCUT2D eigenvalue weighted by atomic mass is 10.1. The van der Waals surface area contributed by atoms with E-state index in [1.54, 1.807) is 42.6 Å². The summed E-state index contributed by atoms with van der Waals surface area (Å²) in [6.07, 6.45) is 1.56. The Morgan fingerprint density at radius 1 is 1.11 bits per heavy atom. The van der Waals surface area contributed by atoms with Gasteiger partial charge >= 0.3 is 5.97 Å². The van der Waals surface area contributed by atoms with Crippen LogP contribution in [0.1, 0.15) is 47.1 Å². The lowest BCUT2D eigenvalue weighted by Gasteiger charge is -2.13. The van der Waals surface area contributed by atoms with Gasteiger partial charge < -0.3 is 9.84 Å². The average molecular weight is 599 g/mol. The molecule has 0 unspecified atom stereocenters. The Labute approximate surface area is 218 Å². The van der Waals surface area contributed by atoms with E-state index >= 15 is 0 Å². The summed E-state index contributed by atoms with van der Waals surface area (Å²) in [5.41, 5.74) is 1.91. The van der Waals surface area contributed by atoms with Gasteiger partial charge in [-0.25, -0.2) is 9.78 Å². The number of aromatic carboxylic acids is 1. The molecule has 0 atom stereocenters. The Hall–Kier alpha value is -3.30. The van der Waals surface area contributed by atoms with Gasteiger partial charge in [-0.1, -0.05) is 57.8 Å². The van der Waals surface area contributed by atoms with E-state index in [-0.39, 0.29) is 23.6 Å². The van der Waals surface area contributed by atoms with Crippen LogP contribution in [0.2, 0.25) is 0 Å². The fraction of sp³-hybridized carbons (Fsp3) is 0.154. The zero-order valence-corrected chi connectivity index (χ0v) is 22.1. The number of carboxylic acid groups (broad SMARTS) is 1. The molecule has 0 aliphatic heterocycles. The van der Waals surface area contributed by atoms with Gasteiger partial charge in [0.05, 0.1) is 22.7 Å². The SMILES string of the molecule is CC(C)c1nc2ccc(Br)cc2c(=O)n1N=Cc1cc(Br)ccc1OCc1cccc(C(=O)O)c1. The van der Waals surface area contributed by atoms with Crippen LogP contribution in [0.3, 0.4) is 0 Å². The first-order valence-corrected chi connectivity index (χ1v) is 12.3. The van der Waals surface area contributed by atoms with Crippen LogP contribution in [-0.4, -0.2) is 27.0 Å². The second kappa shape index (κ2) is 10.5. The van der Waals surface area contributed by atoms with Crippen LogP contribution >= 0.6 is 31.9 Å². The number of ether oxygens (including phenoxy) is 1. The highest BCUT2D eigenvalue weighted by Gasteiger charge is 2.14. The molecule has 1 N–H and O–H groups in total. The lowest BCUT2D eigenvalue weighted by Crippen LogP contribution is -2.23. The number of hydrogen-bond donors (Lipinski definition) is 1. The van der Waals surface area contributed by atoms with E-state index in [0.29, 0.717) is 28.0 Å². The van der Waals surface area contributed by atoms with Crippen molar-refractivity contribution in [2.45, 2.75) is 26.4 Å². The summed E-state index contributed by atoms with van der Waals surface area (Å²) in [7, 11) is 0. The van der Waals surface area contributed by atoms with Crippen molar-refractivity contribution in [3.63, 3.8) is 0 Å². The average Bonchev–Trinajstić information content (AvgIpc) is 2.83. The molecule has 0 spiro atoms. The van der Waals surface area contributed by atoms with Crippen molar-refractivity contribution < 1.29 is 14.6 Å². The van der Waals surface area contributed by atoms with Crippen LogP contribution in [0.15, 0.2) is 79.5 Å². The molecular formula is C26H21Br2N3O4. The molecule has 0 aliphatic rings. The van der Waals surface area contributed by atoms with Gasteiger partial charge in [-0.3, -0.25) is 4.79 Å². The molecule has 178 valence electrons. The summed E-state index contributed by atoms with van der Waals surface area (Å²) >= 11 is 6.88. The summed E-state index contributed by atoms with van der Waals surface area (Å²) in [4.78, 5) is 29.2. The first kappa shape index (κ1) is 24.8. The zero-order chi connectivity index (χ0) is 25.1. The Balaban J connectivity index is 1.70. The molecule has 1 aromatic heterocycles. The Morgan fingerprint density at radius 2 is 1.86 bits per heavy atom. The van der Waals surface area contributed by atoms with Crippen molar-refractivity contribution >= 4 is 54.9 Å². The molecule has 0 bridgehead atoms. The Bertz CT molecular complexity index is 1510. The van der Waals surface area contributed by atoms with Gasteiger partial charge in [0.1, 0.15) is 18.2 Å². The number of hydrogen-bond acceptors (Lipinski definition) is 5. The molecule has 0 radical (unpaired) electrons. The maximum absolute atomic E-state index is 13.3. The fourth-order valence-corrected chi connectivity index (χ4v) is 4.22. The summed E-state index contributed by atoms with van der Waals surface area (Å²) in [6, 6.07) is 17.4. The number of carbonyl (C=O) groups is 1. The predicted octanol–water partition coefficient (Wildman–Crippen LogP) is 6.20. The normalized spacial score (nSPS) is 11.5. The number of nitrogens with zero attached hydrogens (tertiary/aromatic N) is 3. The van der Waals surface area contributed by atoms with Gasteiger partial charge in [0.25, 0.3) is 5.56 Å². The molecule has 0 amide bonds. The largest absolute Gasteiger partial charge is 0.488 e. The minimum absolute atomic E-state index is 0.0346. The third kappa shape index (κ3) is 5.68. The molecule has 0 fully saturated rings. The van der Waals surface area contributed by atoms with Crippen molar-refractivity contribution in [3.05, 3.63) is 102 Å². The van der Waals surface area contributed by atoms with E-state index in [0.717, 1.165) is 14.5 Å². The third-order valence-corrected chi connectivity index (χ3v) is 6.19. The van der Waals surface area contributed by atoms with Gasteiger partial charge in [-0.15, -0.1) is 0 Å². The zero-order valence-electron chi connectivity index (χ0n) is 18.9. The Morgan fingerprint density at radius 3 is 2.60 bits per heavy atom. The molecule has 0 saturated heterocycles. The van der Waals surface area contributed by atoms with Gasteiger partial charge in [0.15, 0.2) is 0 Å². The molecule has 0 aliphatic carbocycles. The van der Waals surface area contributed by atoms with Gasteiger partial charge in [0.2, 0.25) is 0 Å². The highest BCUT2D eigenvalue weighted by Crippen LogP contribution is 2.24. The van der Waals surface area contributed by atoms with E-state index in [1.807, 2.05) is 32.0 Å². The summed E-state index contributed by atoms with van der Waals surface area (Å²) in [5.74, 6) is 0.0516. The predicted molar refractivity (Wildman–Crippen MR) is 143 cm³/mol. The highest BCUT2D eigenvalue weighted by atomic mass is 79.9. The fourth-order valence-electron chi connectivity index (χ4n) is 3.48. The van der Waals surface area contributed by atoms with Crippen LogP contribution in [0.4, 0.5) is 0 Å². The van der Waals surface area contributed by atoms with Gasteiger partial charge in [0, 0.05) is 20.4 Å². The number of halogens is 2. The van der Waals surface area contributed by atoms with E-state index in [9.17, 15) is 14.7 Å². The minimum atomic E-state index is -0.995. The molecule has 4 rings (SSSR count). The van der Waals surface area contributed by atoms with Crippen LogP contribution in [0, 0.1) is 0 Å². The van der Waals surface area contributed by atoms with Crippen molar-refractivity contribution in [1.29, 1.82) is 0 Å². The first-order chi connectivity index (χ1) is 16.7. The third-order valence-electron chi connectivity index (χ3n) is 5.20. The summed E-state index contributed by atoms with van der Waals surface area (Å²) < 4.78 is 8.90. The molecule has 3 aromatic carbocycles. The topological polar surface area (TPSA) is 93.8 Å². The van der Waals surface area contributed by atoms with Crippen molar-refractivity contribution in [2.75, 3.05) is 0 Å². The van der Waals surface area contributed by atoms with Crippen LogP contribution < -0.4 is 10.3 Å². The van der Waals surface area contributed by atoms with Crippen LogP contribution in [-0.2, 0) is 6.61 Å². The van der Waals surface area contributed by atoms with Crippen LogP contribution in [0.5, 0.6) is 5.75 Å². The quantitative estimate of drug-likeness (QED) is 0.255. The molecule has 4 aromatic rings. The minimum Gasteiger partial charge on any atom is -0.488 e. The molecule has 35 heavy (non-hydrogen) atoms. The number of benzene rings is 3. The molecule has 1 heterocycles. The molecule has 9 heteroatoms. The molecule has 7 nitrogen and oxygen atoms in total. The second-order valence-electron chi connectivity index (χ2n) is 8.12. The second-order valence-corrected chi connectivity index (χ2v) is 9.96. The monoisotopic (exact) mass is 597 g/mol. The smallest absolute Gasteiger partial charge is 0.335 e. The number of fused-ring (bicyclic) bond motifs is 1. The van der Waals surface area contributed by atoms with E-state index in [4.69, 9.17) is 4.74 Å². The highest BCUT2D eigenvalue weighted by molar-refractivity contribution is 9.10. The molecular weight excluding hydrogens is 578 g/mol. The van der Waals surface area contributed by atoms with Crippen LogP contribution in [0.25, 0.3) is 10.9 Å². The van der Waals surface area contributed by atoms with Gasteiger partial charge in [-0.05, 0) is 54.1 Å². The van der Waals surface area contributed by atoms with Crippen molar-refractivity contribution in [1.82, 2.24) is 9.66 Å². The van der Waals surface area contributed by atoms with Crippen molar-refractivity contribution in [2.24, 2.45) is 5.10 Å². The van der Waals surface area contributed by atoms with Gasteiger partial charge in [-0.2, -0.15) is 9.78 Å². The summed E-state index contributed by atoms with van der Waals surface area (Å²) in [5, 5.41) is 14.2.